The average Bonchev–Trinajstić information content (AvgIpc) is 3.11. The van der Waals surface area contributed by atoms with Gasteiger partial charge in [-0.1, -0.05) is 43.2 Å². The van der Waals surface area contributed by atoms with E-state index in [1.807, 2.05) is 19.1 Å². The maximum absolute atomic E-state index is 12.8. The van der Waals surface area contributed by atoms with Crippen LogP contribution in [0.4, 0.5) is 5.69 Å². The minimum atomic E-state index is -1.50. The van der Waals surface area contributed by atoms with Crippen molar-refractivity contribution < 1.29 is 15.0 Å². The Morgan fingerprint density at radius 1 is 1.17 bits per heavy atom. The number of hydrogen-bond donors (Lipinski definition) is 2. The van der Waals surface area contributed by atoms with Crippen LogP contribution in [0.25, 0.3) is 0 Å². The first-order chi connectivity index (χ1) is 17.0. The lowest BCUT2D eigenvalue weighted by molar-refractivity contribution is -0.157. The summed E-state index contributed by atoms with van der Waals surface area (Å²) >= 11 is 0. The highest BCUT2D eigenvalue weighted by Gasteiger charge is 2.67. The van der Waals surface area contributed by atoms with Crippen molar-refractivity contribution in [1.29, 1.82) is 0 Å². The van der Waals surface area contributed by atoms with Gasteiger partial charge in [0, 0.05) is 36.6 Å². The molecule has 0 bridgehead atoms. The van der Waals surface area contributed by atoms with E-state index in [2.05, 4.69) is 63.3 Å². The van der Waals surface area contributed by atoms with Crippen LogP contribution in [0, 0.1) is 35.5 Å². The Morgan fingerprint density at radius 2 is 1.89 bits per heavy atom. The molecule has 0 spiro atoms. The normalized spacial score (nSPS) is 39.4. The van der Waals surface area contributed by atoms with Crippen LogP contribution in [0.1, 0.15) is 51.5 Å². The molecule has 0 saturated heterocycles. The van der Waals surface area contributed by atoms with Crippen molar-refractivity contribution in [2.24, 2.45) is 38.7 Å². The molecule has 1 aromatic rings. The average molecular weight is 490 g/mol. The lowest BCUT2D eigenvalue weighted by atomic mass is 9.46. The van der Waals surface area contributed by atoms with E-state index in [0.29, 0.717) is 18.8 Å². The fraction of sp³-hybridized carbons (Fsp3) is 0.567. The van der Waals surface area contributed by atoms with Gasteiger partial charge < -0.3 is 15.2 Å². The smallest absolute Gasteiger partial charge is 0.190 e. The minimum absolute atomic E-state index is 0.187. The van der Waals surface area contributed by atoms with E-state index in [4.69, 9.17) is 10.1 Å². The highest BCUT2D eigenvalue weighted by molar-refractivity contribution is 6.07. The number of aliphatic hydroxyl groups excluding tert-OH is 1. The van der Waals surface area contributed by atoms with E-state index in [-0.39, 0.29) is 17.3 Å². The molecule has 6 atom stereocenters. The summed E-state index contributed by atoms with van der Waals surface area (Å²) in [6, 6.07) is 8.28. The standard InChI is InChI=1S/C30H39N3O3/c1-19-6-9-21(10-7-19)31-22-12-14-28(2)20(16-22)8-11-23-24-13-15-30(36,26(35)18-34)29(24,3)17-25(27(23)28)32-33(4)5/h6-7,9-10,12,14,16,23-24,27,34,36H,8,11,13,15,17-18H2,1-5H3/b31-22+,32-25+/t23-,24-,27+,28-,29-,30-/m0/s1. The van der Waals surface area contributed by atoms with Crippen LogP contribution in [-0.4, -0.2) is 58.7 Å². The number of hydrazone groups is 1. The zero-order valence-corrected chi connectivity index (χ0v) is 22.2. The van der Waals surface area contributed by atoms with Crippen molar-refractivity contribution in [3.05, 3.63) is 53.6 Å². The number of ketones is 1. The van der Waals surface area contributed by atoms with Crippen molar-refractivity contribution in [2.75, 3.05) is 20.7 Å². The molecule has 6 heteroatoms. The third-order valence-electron chi connectivity index (χ3n) is 9.67. The molecule has 5 rings (SSSR count). The first-order valence-corrected chi connectivity index (χ1v) is 13.2. The lowest BCUT2D eigenvalue weighted by Gasteiger charge is -2.58. The molecule has 4 aliphatic rings. The molecule has 36 heavy (non-hydrogen) atoms. The fourth-order valence-corrected chi connectivity index (χ4v) is 7.86. The molecule has 0 aliphatic heterocycles. The Balaban J connectivity index is 1.54. The van der Waals surface area contributed by atoms with E-state index in [0.717, 1.165) is 36.4 Å². The summed E-state index contributed by atoms with van der Waals surface area (Å²) < 4.78 is 0. The van der Waals surface area contributed by atoms with Crippen molar-refractivity contribution in [3.63, 3.8) is 0 Å². The molecule has 1 aromatic carbocycles. The highest BCUT2D eigenvalue weighted by Crippen LogP contribution is 2.66. The van der Waals surface area contributed by atoms with Gasteiger partial charge in [0.15, 0.2) is 5.78 Å². The van der Waals surface area contributed by atoms with Crippen LogP contribution >= 0.6 is 0 Å². The second kappa shape index (κ2) is 8.77. The van der Waals surface area contributed by atoms with E-state index in [1.54, 1.807) is 0 Å². The number of rotatable bonds is 4. The van der Waals surface area contributed by atoms with E-state index in [1.165, 1.54) is 11.1 Å². The number of benzene rings is 1. The number of Topliss-reactive ketones (excluding diaryl/α,β-unsaturated/α-hetero) is 1. The summed E-state index contributed by atoms with van der Waals surface area (Å²) in [7, 11) is 3.86. The van der Waals surface area contributed by atoms with Gasteiger partial charge in [0.2, 0.25) is 0 Å². The highest BCUT2D eigenvalue weighted by atomic mass is 16.3. The van der Waals surface area contributed by atoms with Crippen molar-refractivity contribution in [3.8, 4) is 0 Å². The number of fused-ring (bicyclic) bond motifs is 5. The van der Waals surface area contributed by atoms with Gasteiger partial charge in [-0.3, -0.25) is 4.79 Å². The van der Waals surface area contributed by atoms with Gasteiger partial charge in [-0.15, -0.1) is 0 Å². The molecule has 3 saturated carbocycles. The largest absolute Gasteiger partial charge is 0.388 e. The molecule has 0 unspecified atom stereocenters. The first kappa shape index (κ1) is 25.1. The van der Waals surface area contributed by atoms with Gasteiger partial charge in [0.25, 0.3) is 0 Å². The van der Waals surface area contributed by atoms with Gasteiger partial charge in [0.1, 0.15) is 12.2 Å². The molecule has 0 amide bonds. The van der Waals surface area contributed by atoms with E-state index >= 15 is 0 Å². The SMILES string of the molecule is Cc1ccc(/N=C2\C=C[C@@]3(C)C(=C2)CC[C@@H]2[C@@H]3/C(=N/N(C)C)C[C@@]3(C)[C@H]2CC[C@]3(O)C(=O)CO)cc1. The molecule has 3 fully saturated rings. The third-order valence-corrected chi connectivity index (χ3v) is 9.67. The predicted molar refractivity (Wildman–Crippen MR) is 143 cm³/mol. The summed E-state index contributed by atoms with van der Waals surface area (Å²) in [4.78, 5) is 17.7. The number of allylic oxidation sites excluding steroid dienone is 4. The Labute approximate surface area is 214 Å². The van der Waals surface area contributed by atoms with Gasteiger partial charge >= 0.3 is 0 Å². The zero-order chi connectivity index (χ0) is 25.9. The monoisotopic (exact) mass is 489 g/mol. The van der Waals surface area contributed by atoms with Crippen molar-refractivity contribution in [1.82, 2.24) is 5.01 Å². The summed E-state index contributed by atoms with van der Waals surface area (Å²) in [6.07, 6.45) is 10.4. The van der Waals surface area contributed by atoms with Crippen LogP contribution in [0.5, 0.6) is 0 Å². The summed E-state index contributed by atoms with van der Waals surface area (Å²) in [5, 5.41) is 28.1. The Hall–Kier alpha value is -2.57. The molecule has 2 N–H and O–H groups in total. The Kier molecular flexibility index (Phi) is 6.12. The Morgan fingerprint density at radius 3 is 2.56 bits per heavy atom. The summed E-state index contributed by atoms with van der Waals surface area (Å²) in [5.74, 6) is 0.262. The van der Waals surface area contributed by atoms with Crippen LogP contribution in [0.2, 0.25) is 0 Å². The molecular weight excluding hydrogens is 450 g/mol. The van der Waals surface area contributed by atoms with Crippen LogP contribution in [0.15, 0.2) is 58.2 Å². The number of aliphatic imine (C=N–C) groups is 1. The maximum atomic E-state index is 12.8. The molecule has 4 aliphatic carbocycles. The second-order valence-electron chi connectivity index (χ2n) is 12.0. The first-order valence-electron chi connectivity index (χ1n) is 13.2. The number of hydrogen-bond acceptors (Lipinski definition) is 6. The molecular formula is C30H39N3O3. The number of aliphatic hydroxyl groups is 2. The van der Waals surface area contributed by atoms with Gasteiger partial charge in [-0.25, -0.2) is 4.99 Å². The molecule has 192 valence electrons. The van der Waals surface area contributed by atoms with E-state index in [9.17, 15) is 15.0 Å². The molecule has 0 heterocycles. The lowest BCUT2D eigenvalue weighted by Crippen LogP contribution is -2.60. The van der Waals surface area contributed by atoms with Gasteiger partial charge in [-0.2, -0.15) is 5.10 Å². The number of carbonyl (C=O) groups is 1. The fourth-order valence-electron chi connectivity index (χ4n) is 7.86. The quantitative estimate of drug-likeness (QED) is 0.604. The number of nitrogens with zero attached hydrogens (tertiary/aromatic N) is 3. The maximum Gasteiger partial charge on any atom is 0.190 e. The minimum Gasteiger partial charge on any atom is -0.388 e. The number of carbonyl (C=O) groups excluding carboxylic acids is 1. The van der Waals surface area contributed by atoms with E-state index < -0.39 is 23.4 Å². The summed E-state index contributed by atoms with van der Waals surface area (Å²) in [6.45, 7) is 5.83. The topological polar surface area (TPSA) is 85.5 Å². The van der Waals surface area contributed by atoms with Crippen LogP contribution < -0.4 is 0 Å². The zero-order valence-electron chi connectivity index (χ0n) is 22.2. The van der Waals surface area contributed by atoms with Crippen LogP contribution in [0.3, 0.4) is 0 Å². The van der Waals surface area contributed by atoms with Gasteiger partial charge in [0.05, 0.1) is 11.4 Å². The van der Waals surface area contributed by atoms with Crippen LogP contribution in [-0.2, 0) is 4.79 Å². The van der Waals surface area contributed by atoms with Crippen molar-refractivity contribution >= 4 is 22.9 Å². The molecule has 0 aromatic heterocycles. The summed E-state index contributed by atoms with van der Waals surface area (Å²) in [5.41, 5.74) is 3.26. The Bertz CT molecular complexity index is 1180. The molecule has 6 nitrogen and oxygen atoms in total. The number of aryl methyl sites for hydroxylation is 1. The third kappa shape index (κ3) is 3.72. The van der Waals surface area contributed by atoms with Gasteiger partial charge in [-0.05, 0) is 75.1 Å². The van der Waals surface area contributed by atoms with Crippen molar-refractivity contribution in [2.45, 2.75) is 58.5 Å². The second-order valence-corrected chi connectivity index (χ2v) is 12.0. The molecule has 0 radical (unpaired) electrons. The predicted octanol–water partition coefficient (Wildman–Crippen LogP) is 4.63.